The molecule has 1 N–H and O–H groups in total. The van der Waals surface area contributed by atoms with Crippen molar-refractivity contribution in [3.63, 3.8) is 0 Å². The smallest absolute Gasteiger partial charge is 0.250 e. The van der Waals surface area contributed by atoms with E-state index < -0.39 is 0 Å². The second-order valence-corrected chi connectivity index (χ2v) is 9.13. The topological polar surface area (TPSA) is 90.6 Å². The van der Waals surface area contributed by atoms with Crippen LogP contribution in [0.25, 0.3) is 11.4 Å². The number of ether oxygens (including phenoxy) is 2. The SMILES string of the molecule is CCn1c(SCC(=O)NN=Cc2ccc(OCc3ccccc3)c(OC)c2)nnc1-c1ccc(C)cc1. The van der Waals surface area contributed by atoms with Crippen LogP contribution in [0.2, 0.25) is 0 Å². The van der Waals surface area contributed by atoms with Crippen molar-refractivity contribution in [2.75, 3.05) is 12.9 Å². The summed E-state index contributed by atoms with van der Waals surface area (Å²) >= 11 is 1.32. The van der Waals surface area contributed by atoms with Gasteiger partial charge in [-0.3, -0.25) is 4.79 Å². The number of rotatable bonds is 11. The molecule has 0 atom stereocenters. The molecule has 0 radical (unpaired) electrons. The summed E-state index contributed by atoms with van der Waals surface area (Å²) in [7, 11) is 1.59. The first-order valence-electron chi connectivity index (χ1n) is 11.9. The Hall–Kier alpha value is -4.11. The van der Waals surface area contributed by atoms with Crippen LogP contribution in [0, 0.1) is 6.92 Å². The molecule has 37 heavy (non-hydrogen) atoms. The summed E-state index contributed by atoms with van der Waals surface area (Å²) in [5, 5.41) is 13.4. The Balaban J connectivity index is 1.31. The minimum atomic E-state index is -0.237. The first-order valence-corrected chi connectivity index (χ1v) is 12.9. The Morgan fingerprint density at radius 3 is 2.57 bits per heavy atom. The van der Waals surface area contributed by atoms with E-state index in [1.165, 1.54) is 17.3 Å². The molecular formula is C28H29N5O3S. The fraction of sp³-hybridized carbons (Fsp3) is 0.214. The minimum Gasteiger partial charge on any atom is -0.493 e. The number of carbonyl (C=O) groups is 1. The lowest BCUT2D eigenvalue weighted by Crippen LogP contribution is -2.20. The van der Waals surface area contributed by atoms with Crippen molar-refractivity contribution in [2.24, 2.45) is 5.10 Å². The van der Waals surface area contributed by atoms with E-state index in [-0.39, 0.29) is 11.7 Å². The van der Waals surface area contributed by atoms with Crippen LogP contribution in [-0.2, 0) is 17.9 Å². The Morgan fingerprint density at radius 1 is 1.05 bits per heavy atom. The second kappa shape index (κ2) is 12.7. The molecule has 4 rings (SSSR count). The van der Waals surface area contributed by atoms with Crippen LogP contribution in [-0.4, -0.2) is 39.7 Å². The van der Waals surface area contributed by atoms with Crippen molar-refractivity contribution in [2.45, 2.75) is 32.2 Å². The van der Waals surface area contributed by atoms with Gasteiger partial charge in [-0.1, -0.05) is 71.9 Å². The molecule has 3 aromatic carbocycles. The molecule has 0 saturated heterocycles. The zero-order valence-electron chi connectivity index (χ0n) is 21.0. The third kappa shape index (κ3) is 6.98. The summed E-state index contributed by atoms with van der Waals surface area (Å²) in [5.74, 6) is 1.94. The van der Waals surface area contributed by atoms with Gasteiger partial charge in [0, 0.05) is 12.1 Å². The minimum absolute atomic E-state index is 0.166. The van der Waals surface area contributed by atoms with Crippen LogP contribution in [0.5, 0.6) is 11.5 Å². The Labute approximate surface area is 220 Å². The molecule has 1 amide bonds. The van der Waals surface area contributed by atoms with Crippen LogP contribution in [0.4, 0.5) is 0 Å². The fourth-order valence-electron chi connectivity index (χ4n) is 3.56. The number of hydrogen-bond acceptors (Lipinski definition) is 7. The van der Waals surface area contributed by atoms with Crippen LogP contribution >= 0.6 is 11.8 Å². The zero-order valence-corrected chi connectivity index (χ0v) is 21.9. The number of hydrazone groups is 1. The zero-order chi connectivity index (χ0) is 26.0. The summed E-state index contributed by atoms with van der Waals surface area (Å²) in [5.41, 5.74) is 6.58. The van der Waals surface area contributed by atoms with Crippen LogP contribution < -0.4 is 14.9 Å². The van der Waals surface area contributed by atoms with E-state index in [0.29, 0.717) is 29.8 Å². The van der Waals surface area contributed by atoms with Crippen LogP contribution in [0.3, 0.4) is 0 Å². The highest BCUT2D eigenvalue weighted by molar-refractivity contribution is 7.99. The monoisotopic (exact) mass is 515 g/mol. The van der Waals surface area contributed by atoms with E-state index in [9.17, 15) is 4.79 Å². The summed E-state index contributed by atoms with van der Waals surface area (Å²) in [4.78, 5) is 12.4. The molecule has 1 heterocycles. The number of methoxy groups -OCH3 is 1. The molecule has 0 bridgehead atoms. The molecule has 0 spiro atoms. The van der Waals surface area contributed by atoms with Gasteiger partial charge in [0.25, 0.3) is 5.91 Å². The molecule has 9 heteroatoms. The van der Waals surface area contributed by atoms with Crippen molar-refractivity contribution < 1.29 is 14.3 Å². The lowest BCUT2D eigenvalue weighted by molar-refractivity contribution is -0.118. The molecular weight excluding hydrogens is 486 g/mol. The molecule has 8 nitrogen and oxygen atoms in total. The molecule has 0 saturated carbocycles. The van der Waals surface area contributed by atoms with Crippen molar-refractivity contribution in [1.82, 2.24) is 20.2 Å². The van der Waals surface area contributed by atoms with Gasteiger partial charge < -0.3 is 14.0 Å². The number of nitrogens with one attached hydrogen (secondary N) is 1. The first kappa shape index (κ1) is 26.0. The van der Waals surface area contributed by atoms with Gasteiger partial charge in [-0.15, -0.1) is 10.2 Å². The molecule has 0 unspecified atom stereocenters. The number of carbonyl (C=O) groups excluding carboxylic acids is 1. The summed E-state index contributed by atoms with van der Waals surface area (Å²) in [6.07, 6.45) is 1.57. The van der Waals surface area contributed by atoms with Gasteiger partial charge in [-0.25, -0.2) is 5.43 Å². The van der Waals surface area contributed by atoms with Crippen molar-refractivity contribution in [3.8, 4) is 22.9 Å². The van der Waals surface area contributed by atoms with Crippen molar-refractivity contribution in [3.05, 3.63) is 89.5 Å². The van der Waals surface area contributed by atoms with Gasteiger partial charge in [0.1, 0.15) is 6.61 Å². The van der Waals surface area contributed by atoms with Crippen molar-refractivity contribution >= 4 is 23.9 Å². The van der Waals surface area contributed by atoms with Crippen LogP contribution in [0.1, 0.15) is 23.6 Å². The maximum Gasteiger partial charge on any atom is 0.250 e. The largest absolute Gasteiger partial charge is 0.493 e. The Kier molecular flexibility index (Phi) is 8.93. The molecule has 4 aromatic rings. The third-order valence-corrected chi connectivity index (χ3v) is 6.47. The predicted molar refractivity (Wildman–Crippen MR) is 146 cm³/mol. The number of aryl methyl sites for hydroxylation is 1. The summed E-state index contributed by atoms with van der Waals surface area (Å²) < 4.78 is 13.3. The van der Waals surface area contributed by atoms with Gasteiger partial charge >= 0.3 is 0 Å². The Morgan fingerprint density at radius 2 is 1.84 bits per heavy atom. The van der Waals surface area contributed by atoms with E-state index in [1.807, 2.05) is 85.1 Å². The number of aromatic nitrogens is 3. The molecule has 0 aliphatic heterocycles. The van der Waals surface area contributed by atoms with Gasteiger partial charge in [-0.2, -0.15) is 5.10 Å². The summed E-state index contributed by atoms with van der Waals surface area (Å²) in [6.45, 7) is 5.22. The summed E-state index contributed by atoms with van der Waals surface area (Å²) in [6, 6.07) is 23.5. The molecule has 0 fully saturated rings. The Bertz CT molecular complexity index is 1350. The van der Waals surface area contributed by atoms with E-state index in [1.54, 1.807) is 19.4 Å². The average molecular weight is 516 g/mol. The molecule has 0 aliphatic carbocycles. The molecule has 190 valence electrons. The van der Waals surface area contributed by atoms with Gasteiger partial charge in [0.2, 0.25) is 0 Å². The fourth-order valence-corrected chi connectivity index (χ4v) is 4.35. The van der Waals surface area contributed by atoms with Crippen LogP contribution in [0.15, 0.2) is 83.1 Å². The normalized spacial score (nSPS) is 11.0. The lowest BCUT2D eigenvalue weighted by atomic mass is 10.1. The van der Waals surface area contributed by atoms with Gasteiger partial charge in [0.05, 0.1) is 19.1 Å². The standard InChI is InChI=1S/C28H29N5O3S/c1-4-33-27(23-13-10-20(2)11-14-23)31-32-28(33)37-19-26(34)30-29-17-22-12-15-24(25(16-22)35-3)36-18-21-8-6-5-7-9-21/h5-17H,4,18-19H2,1-3H3,(H,30,34). The predicted octanol–water partition coefficient (Wildman–Crippen LogP) is 5.10. The second-order valence-electron chi connectivity index (χ2n) is 8.18. The number of amides is 1. The van der Waals surface area contributed by atoms with E-state index in [4.69, 9.17) is 9.47 Å². The van der Waals surface area contributed by atoms with Gasteiger partial charge in [0.15, 0.2) is 22.5 Å². The molecule has 0 aliphatic rings. The quantitative estimate of drug-likeness (QED) is 0.170. The lowest BCUT2D eigenvalue weighted by Gasteiger charge is -2.11. The maximum absolute atomic E-state index is 12.4. The van der Waals surface area contributed by atoms with Gasteiger partial charge in [-0.05, 0) is 43.2 Å². The number of hydrogen-bond donors (Lipinski definition) is 1. The number of nitrogens with zero attached hydrogens (tertiary/aromatic N) is 4. The van der Waals surface area contributed by atoms with Crippen molar-refractivity contribution in [1.29, 1.82) is 0 Å². The maximum atomic E-state index is 12.4. The number of thioether (sulfide) groups is 1. The van der Waals surface area contributed by atoms with E-state index in [0.717, 1.165) is 22.5 Å². The van der Waals surface area contributed by atoms with E-state index >= 15 is 0 Å². The number of benzene rings is 3. The van der Waals surface area contributed by atoms with E-state index in [2.05, 4.69) is 20.7 Å². The molecule has 1 aromatic heterocycles. The highest BCUT2D eigenvalue weighted by Gasteiger charge is 2.14. The third-order valence-electron chi connectivity index (χ3n) is 5.50. The highest BCUT2D eigenvalue weighted by Crippen LogP contribution is 2.28. The highest BCUT2D eigenvalue weighted by atomic mass is 32.2. The first-order chi connectivity index (χ1) is 18.1. The average Bonchev–Trinajstić information content (AvgIpc) is 3.35.